The summed E-state index contributed by atoms with van der Waals surface area (Å²) in [5.41, 5.74) is 1.09. The molecule has 8 nitrogen and oxygen atoms in total. The fraction of sp³-hybridized carbons (Fsp3) is 0.739. The zero-order chi connectivity index (χ0) is 23.1. The van der Waals surface area contributed by atoms with Gasteiger partial charge in [0.2, 0.25) is 5.88 Å². The lowest BCUT2D eigenvalue weighted by Gasteiger charge is -2.40. The maximum atomic E-state index is 12.7. The molecule has 1 aliphatic carbocycles. The number of pyridine rings is 1. The first-order valence-electron chi connectivity index (χ1n) is 11.4. The molecule has 9 heteroatoms. The molecule has 0 aromatic carbocycles. The smallest absolute Gasteiger partial charge is 0.270 e. The van der Waals surface area contributed by atoms with Crippen molar-refractivity contribution in [2.24, 2.45) is 17.8 Å². The summed E-state index contributed by atoms with van der Waals surface area (Å²) in [6.07, 6.45) is 1.83. The Bertz CT molecular complexity index is 744. The number of alkyl halides is 1. The van der Waals surface area contributed by atoms with Crippen molar-refractivity contribution in [2.75, 3.05) is 58.2 Å². The molecule has 0 bridgehead atoms. The molecule has 2 fully saturated rings. The van der Waals surface area contributed by atoms with Crippen LogP contribution in [0.4, 0.5) is 10.1 Å². The van der Waals surface area contributed by atoms with Gasteiger partial charge < -0.3 is 29.5 Å². The lowest BCUT2D eigenvalue weighted by atomic mass is 10.0. The molecule has 1 unspecified atom stereocenters. The lowest BCUT2D eigenvalue weighted by Crippen LogP contribution is -2.52. The van der Waals surface area contributed by atoms with E-state index in [4.69, 9.17) is 14.2 Å². The van der Waals surface area contributed by atoms with Crippen molar-refractivity contribution >= 4 is 11.6 Å². The SMILES string of the molecule is COC1CN(c2ccc(C(=O)NC(CO)CC(C)C)nc2OC[C@H]2C[C@@H]2COCCF)C1. The number of carbonyl (C=O) groups excluding carboxylic acids is 1. The third kappa shape index (κ3) is 6.76. The van der Waals surface area contributed by atoms with Gasteiger partial charge in [0.15, 0.2) is 0 Å². The van der Waals surface area contributed by atoms with Crippen LogP contribution in [0.15, 0.2) is 12.1 Å². The first-order valence-corrected chi connectivity index (χ1v) is 11.4. The van der Waals surface area contributed by atoms with Gasteiger partial charge in [-0.3, -0.25) is 4.79 Å². The van der Waals surface area contributed by atoms with Crippen LogP contribution in [-0.4, -0.2) is 81.4 Å². The standard InChI is InChI=1S/C23H36FN3O5/c1-15(2)8-18(12-28)25-22(29)20-4-5-21(27-10-19(11-27)30-3)23(26-20)32-14-17-9-16(17)13-31-7-6-24/h4-5,15-19,28H,6-14H2,1-3H3,(H,25,29)/t16-,17-,18?/m1/s1. The van der Waals surface area contributed by atoms with E-state index in [1.165, 1.54) is 0 Å². The van der Waals surface area contributed by atoms with Gasteiger partial charge in [-0.1, -0.05) is 13.8 Å². The van der Waals surface area contributed by atoms with Crippen LogP contribution in [0.1, 0.15) is 37.2 Å². The topological polar surface area (TPSA) is 93.2 Å². The Morgan fingerprint density at radius 3 is 2.72 bits per heavy atom. The minimum absolute atomic E-state index is 0.120. The number of anilines is 1. The summed E-state index contributed by atoms with van der Waals surface area (Å²) in [5.74, 6) is 1.16. The average molecular weight is 454 g/mol. The van der Waals surface area contributed by atoms with E-state index < -0.39 is 6.67 Å². The van der Waals surface area contributed by atoms with Crippen molar-refractivity contribution in [1.29, 1.82) is 0 Å². The third-order valence-corrected chi connectivity index (χ3v) is 5.96. The number of nitrogens with one attached hydrogen (secondary N) is 1. The second-order valence-electron chi connectivity index (χ2n) is 9.10. The second-order valence-corrected chi connectivity index (χ2v) is 9.10. The Kier molecular flexibility index (Phi) is 9.07. The van der Waals surface area contributed by atoms with E-state index in [0.29, 0.717) is 43.3 Å². The fourth-order valence-corrected chi connectivity index (χ4v) is 3.89. The van der Waals surface area contributed by atoms with Gasteiger partial charge in [0, 0.05) is 26.8 Å². The predicted octanol–water partition coefficient (Wildman–Crippen LogP) is 2.05. The molecule has 1 aromatic rings. The molecule has 180 valence electrons. The summed E-state index contributed by atoms with van der Waals surface area (Å²) in [4.78, 5) is 19.4. The van der Waals surface area contributed by atoms with Gasteiger partial charge in [0.05, 0.1) is 32.0 Å². The lowest BCUT2D eigenvalue weighted by molar-refractivity contribution is 0.0781. The molecule has 0 spiro atoms. The maximum Gasteiger partial charge on any atom is 0.270 e. The number of hydrogen-bond acceptors (Lipinski definition) is 7. The molecule has 2 N–H and O–H groups in total. The molecular formula is C23H36FN3O5. The van der Waals surface area contributed by atoms with Crippen LogP contribution >= 0.6 is 0 Å². The number of aliphatic hydroxyl groups is 1. The van der Waals surface area contributed by atoms with Gasteiger partial charge in [-0.05, 0) is 42.7 Å². The van der Waals surface area contributed by atoms with Crippen LogP contribution in [0, 0.1) is 17.8 Å². The Balaban J connectivity index is 1.64. The summed E-state index contributed by atoms with van der Waals surface area (Å²) in [6.45, 7) is 6.13. The molecule has 2 aliphatic rings. The quantitative estimate of drug-likeness (QED) is 0.417. The Labute approximate surface area is 189 Å². The summed E-state index contributed by atoms with van der Waals surface area (Å²) in [7, 11) is 1.69. The number of aromatic nitrogens is 1. The van der Waals surface area contributed by atoms with Crippen molar-refractivity contribution in [3.05, 3.63) is 17.8 Å². The summed E-state index contributed by atoms with van der Waals surface area (Å²) in [6, 6.07) is 3.23. The average Bonchev–Trinajstić information content (AvgIpc) is 3.49. The maximum absolute atomic E-state index is 12.7. The minimum atomic E-state index is -0.470. The fourth-order valence-electron chi connectivity index (χ4n) is 3.89. The van der Waals surface area contributed by atoms with E-state index >= 15 is 0 Å². The largest absolute Gasteiger partial charge is 0.476 e. The van der Waals surface area contributed by atoms with E-state index in [-0.39, 0.29) is 37.0 Å². The number of amides is 1. The Morgan fingerprint density at radius 1 is 1.31 bits per heavy atom. The van der Waals surface area contributed by atoms with Crippen molar-refractivity contribution < 1.29 is 28.5 Å². The number of rotatable bonds is 14. The van der Waals surface area contributed by atoms with E-state index in [0.717, 1.165) is 25.2 Å². The highest BCUT2D eigenvalue weighted by Crippen LogP contribution is 2.40. The van der Waals surface area contributed by atoms with Crippen LogP contribution in [0.25, 0.3) is 0 Å². The normalized spacial score (nSPS) is 21.4. The predicted molar refractivity (Wildman–Crippen MR) is 119 cm³/mol. The first kappa shape index (κ1) is 24.7. The van der Waals surface area contributed by atoms with E-state index in [2.05, 4.69) is 15.2 Å². The van der Waals surface area contributed by atoms with Crippen molar-refractivity contribution in [3.8, 4) is 5.88 Å². The highest BCUT2D eigenvalue weighted by Gasteiger charge is 2.38. The van der Waals surface area contributed by atoms with Gasteiger partial charge in [-0.25, -0.2) is 9.37 Å². The highest BCUT2D eigenvalue weighted by atomic mass is 19.1. The van der Waals surface area contributed by atoms with Gasteiger partial charge >= 0.3 is 0 Å². The highest BCUT2D eigenvalue weighted by molar-refractivity contribution is 5.93. The van der Waals surface area contributed by atoms with Crippen molar-refractivity contribution in [3.63, 3.8) is 0 Å². The number of methoxy groups -OCH3 is 1. The second kappa shape index (κ2) is 11.8. The molecule has 32 heavy (non-hydrogen) atoms. The monoisotopic (exact) mass is 453 g/mol. The number of nitrogens with zero attached hydrogens (tertiary/aromatic N) is 2. The summed E-state index contributed by atoms with van der Waals surface area (Å²) < 4.78 is 28.9. The number of carbonyl (C=O) groups is 1. The number of ether oxygens (including phenoxy) is 3. The molecule has 1 aliphatic heterocycles. The van der Waals surface area contributed by atoms with Gasteiger partial charge in [0.25, 0.3) is 5.91 Å². The Morgan fingerprint density at radius 2 is 2.06 bits per heavy atom. The molecule has 1 amide bonds. The van der Waals surface area contributed by atoms with Crippen LogP contribution in [0.2, 0.25) is 0 Å². The third-order valence-electron chi connectivity index (χ3n) is 5.96. The number of aliphatic hydroxyl groups excluding tert-OH is 1. The molecule has 1 aromatic heterocycles. The number of halogens is 1. The zero-order valence-corrected chi connectivity index (χ0v) is 19.3. The van der Waals surface area contributed by atoms with Gasteiger partial charge in [0.1, 0.15) is 18.1 Å². The van der Waals surface area contributed by atoms with Crippen molar-refractivity contribution in [1.82, 2.24) is 10.3 Å². The molecule has 3 atom stereocenters. The van der Waals surface area contributed by atoms with Crippen LogP contribution in [-0.2, 0) is 9.47 Å². The molecule has 1 saturated carbocycles. The first-order chi connectivity index (χ1) is 15.4. The van der Waals surface area contributed by atoms with E-state index in [1.807, 2.05) is 19.9 Å². The molecule has 1 saturated heterocycles. The zero-order valence-electron chi connectivity index (χ0n) is 19.3. The van der Waals surface area contributed by atoms with E-state index in [1.54, 1.807) is 13.2 Å². The number of hydrogen-bond donors (Lipinski definition) is 2. The summed E-state index contributed by atoms with van der Waals surface area (Å²) >= 11 is 0. The van der Waals surface area contributed by atoms with Gasteiger partial charge in [-0.2, -0.15) is 0 Å². The molecule has 0 radical (unpaired) electrons. The molecule has 3 rings (SSSR count). The minimum Gasteiger partial charge on any atom is -0.476 e. The van der Waals surface area contributed by atoms with E-state index in [9.17, 15) is 14.3 Å². The van der Waals surface area contributed by atoms with Crippen LogP contribution < -0.4 is 15.0 Å². The summed E-state index contributed by atoms with van der Waals surface area (Å²) in [5, 5.41) is 12.4. The van der Waals surface area contributed by atoms with Crippen molar-refractivity contribution in [2.45, 2.75) is 38.8 Å². The van der Waals surface area contributed by atoms with Crippen LogP contribution in [0.5, 0.6) is 5.88 Å². The Hall–Kier alpha value is -1.97. The molecule has 2 heterocycles. The van der Waals surface area contributed by atoms with Crippen LogP contribution in [0.3, 0.4) is 0 Å². The molecular weight excluding hydrogens is 417 g/mol. The van der Waals surface area contributed by atoms with Gasteiger partial charge in [-0.15, -0.1) is 0 Å².